The van der Waals surface area contributed by atoms with Gasteiger partial charge in [-0.1, -0.05) is 36.4 Å². The quantitative estimate of drug-likeness (QED) is 0.794. The van der Waals surface area contributed by atoms with Crippen LogP contribution < -0.4 is 0 Å². The van der Waals surface area contributed by atoms with E-state index in [4.69, 9.17) is 0 Å². The molecule has 4 heteroatoms. The van der Waals surface area contributed by atoms with Crippen molar-refractivity contribution >= 4 is 11.6 Å². The van der Waals surface area contributed by atoms with Crippen molar-refractivity contribution in [3.05, 3.63) is 70.8 Å². The predicted octanol–water partition coefficient (Wildman–Crippen LogP) is 2.78. The molecule has 0 unspecified atom stereocenters. The van der Waals surface area contributed by atoms with Crippen molar-refractivity contribution in [1.82, 2.24) is 0 Å². The van der Waals surface area contributed by atoms with Gasteiger partial charge in [-0.15, -0.1) is 0 Å². The standard InChI is InChI=1S/C21H22O4/c1-20(2,24)18(22)16-9-5-14(6-10-16)13-15-7-11-17(12-8-15)19(23)21(3,4)25/h5-7,9-11,24-25H,13H2,1-4H3. The monoisotopic (exact) mass is 338 g/mol. The number of carbonyl (C=O) groups excluding carboxylic acids is 2. The molecule has 0 bridgehead atoms. The van der Waals surface area contributed by atoms with Crippen LogP contribution in [-0.2, 0) is 6.42 Å². The Balaban J connectivity index is 2.10. The van der Waals surface area contributed by atoms with Gasteiger partial charge in [-0.3, -0.25) is 9.59 Å². The molecule has 130 valence electrons. The highest BCUT2D eigenvalue weighted by Gasteiger charge is 2.26. The van der Waals surface area contributed by atoms with Gasteiger partial charge in [0.1, 0.15) is 11.2 Å². The van der Waals surface area contributed by atoms with Gasteiger partial charge in [-0.25, -0.2) is 0 Å². The number of ketones is 2. The fraction of sp³-hybridized carbons (Fsp3) is 0.333. The van der Waals surface area contributed by atoms with Crippen LogP contribution in [0.2, 0.25) is 0 Å². The molecule has 0 heterocycles. The third-order valence-electron chi connectivity index (χ3n) is 3.78. The normalized spacial score (nSPS) is 11.8. The summed E-state index contributed by atoms with van der Waals surface area (Å²) in [6.07, 6.45) is 0.574. The Bertz CT molecular complexity index is 690. The Morgan fingerprint density at radius 2 is 1.40 bits per heavy atom. The Labute approximate surface area is 148 Å². The zero-order valence-electron chi connectivity index (χ0n) is 14.9. The lowest BCUT2D eigenvalue weighted by molar-refractivity contribution is 0.0487. The van der Waals surface area contributed by atoms with Gasteiger partial charge in [0.2, 0.25) is 5.78 Å². The lowest BCUT2D eigenvalue weighted by atomic mass is 9.94. The molecule has 0 aliphatic carbocycles. The van der Waals surface area contributed by atoms with E-state index in [1.165, 1.54) is 27.7 Å². The second kappa shape index (κ2) is 6.79. The molecule has 2 rings (SSSR count). The van der Waals surface area contributed by atoms with Crippen molar-refractivity contribution < 1.29 is 19.8 Å². The van der Waals surface area contributed by atoms with Gasteiger partial charge in [0.15, 0.2) is 5.78 Å². The molecule has 2 aromatic carbocycles. The number of benzene rings is 1. The zero-order chi connectivity index (χ0) is 18.8. The van der Waals surface area contributed by atoms with Gasteiger partial charge in [-0.05, 0) is 45.4 Å². The van der Waals surface area contributed by atoms with E-state index in [0.717, 1.165) is 11.1 Å². The molecule has 0 atom stereocenters. The summed E-state index contributed by atoms with van der Waals surface area (Å²) in [5.74, 6) is -0.724. The summed E-state index contributed by atoms with van der Waals surface area (Å²) in [5.41, 5.74) is -0.269. The van der Waals surface area contributed by atoms with Gasteiger partial charge in [-0.2, -0.15) is 0 Å². The summed E-state index contributed by atoms with van der Waals surface area (Å²) in [6.45, 7) is 5.80. The van der Waals surface area contributed by atoms with Gasteiger partial charge < -0.3 is 10.2 Å². The largest absolute Gasteiger partial charge is 0.382 e. The minimum absolute atomic E-state index is 0.294. The molecule has 0 amide bonds. The highest BCUT2D eigenvalue weighted by atomic mass is 16.3. The summed E-state index contributed by atoms with van der Waals surface area (Å²) < 4.78 is 0. The maximum absolute atomic E-state index is 12.0. The number of carbonyl (C=O) groups is 2. The number of hydrogen-bond donors (Lipinski definition) is 2. The fourth-order valence-corrected chi connectivity index (χ4v) is 2.33. The van der Waals surface area contributed by atoms with Crippen LogP contribution in [0.1, 0.15) is 59.5 Å². The van der Waals surface area contributed by atoms with Gasteiger partial charge in [0.05, 0.1) is 5.56 Å². The summed E-state index contributed by atoms with van der Waals surface area (Å²) in [7, 11) is 0. The van der Waals surface area contributed by atoms with E-state index in [0.29, 0.717) is 17.5 Å². The van der Waals surface area contributed by atoms with Crippen molar-refractivity contribution in [2.75, 3.05) is 0 Å². The topological polar surface area (TPSA) is 74.6 Å². The highest BCUT2D eigenvalue weighted by molar-refractivity contribution is 6.02. The first-order valence-corrected chi connectivity index (χ1v) is 8.04. The van der Waals surface area contributed by atoms with Crippen LogP contribution in [0.5, 0.6) is 0 Å². The van der Waals surface area contributed by atoms with Crippen molar-refractivity contribution in [2.45, 2.75) is 45.3 Å². The number of aliphatic hydroxyl groups is 2. The lowest BCUT2D eigenvalue weighted by Gasteiger charge is -2.15. The van der Waals surface area contributed by atoms with Crippen LogP contribution in [-0.4, -0.2) is 33.0 Å². The van der Waals surface area contributed by atoms with Gasteiger partial charge in [0, 0.05) is 17.5 Å². The molecular formula is C21H22O4. The highest BCUT2D eigenvalue weighted by Crippen LogP contribution is 2.16. The smallest absolute Gasteiger partial charge is 0.202 e. The van der Waals surface area contributed by atoms with Crippen LogP contribution in [0.25, 0.3) is 0 Å². The minimum Gasteiger partial charge on any atom is -0.382 e. The molecule has 25 heavy (non-hydrogen) atoms. The third kappa shape index (κ3) is 4.76. The Kier molecular flexibility index (Phi) is 5.12. The van der Waals surface area contributed by atoms with Crippen molar-refractivity contribution in [3.8, 4) is 0 Å². The first kappa shape index (κ1) is 18.9. The zero-order valence-corrected chi connectivity index (χ0v) is 14.9. The van der Waals surface area contributed by atoms with E-state index in [-0.39, 0.29) is 5.78 Å². The fourth-order valence-electron chi connectivity index (χ4n) is 2.33. The summed E-state index contributed by atoms with van der Waals surface area (Å²) in [6, 6.07) is 16.1. The predicted molar refractivity (Wildman–Crippen MR) is 94.6 cm³/mol. The average Bonchev–Trinajstić information content (AvgIpc) is 2.53. The van der Waals surface area contributed by atoms with Crippen LogP contribution in [0.15, 0.2) is 36.4 Å². The number of Topliss-reactive ketones (excluding diaryl/α,β-unsaturated/α-hetero) is 2. The molecule has 4 nitrogen and oxygen atoms in total. The molecule has 2 aromatic rings. The van der Waals surface area contributed by atoms with E-state index in [2.05, 4.69) is 12.1 Å². The summed E-state index contributed by atoms with van der Waals surface area (Å²) in [5, 5.41) is 19.5. The average molecular weight is 338 g/mol. The van der Waals surface area contributed by atoms with Crippen molar-refractivity contribution in [1.29, 1.82) is 0 Å². The second-order valence-electron chi connectivity index (χ2n) is 7.17. The maximum atomic E-state index is 12.0. The first-order chi connectivity index (χ1) is 11.5. The van der Waals surface area contributed by atoms with Crippen LogP contribution in [0.3, 0.4) is 0 Å². The molecular weight excluding hydrogens is 316 g/mol. The van der Waals surface area contributed by atoms with Gasteiger partial charge in [0.25, 0.3) is 0 Å². The SMILES string of the molecule is CC(C)(O)C(=O)c1c#cc(Cc2ccc(C(=O)C(C)(C)O)cc2)cc1. The first-order valence-electron chi connectivity index (χ1n) is 8.04. The Morgan fingerprint density at radius 3 is 1.84 bits per heavy atom. The molecule has 0 saturated carbocycles. The van der Waals surface area contributed by atoms with E-state index < -0.39 is 17.0 Å². The molecule has 0 aliphatic rings. The lowest BCUT2D eigenvalue weighted by Crippen LogP contribution is -2.31. The van der Waals surface area contributed by atoms with Crippen molar-refractivity contribution in [3.63, 3.8) is 0 Å². The third-order valence-corrected chi connectivity index (χ3v) is 3.78. The molecule has 0 saturated heterocycles. The van der Waals surface area contributed by atoms with E-state index in [1.807, 2.05) is 12.1 Å². The van der Waals surface area contributed by atoms with Gasteiger partial charge >= 0.3 is 0 Å². The number of rotatable bonds is 6. The summed E-state index contributed by atoms with van der Waals surface area (Å²) in [4.78, 5) is 24.0. The molecule has 0 spiro atoms. The maximum Gasteiger partial charge on any atom is 0.202 e. The van der Waals surface area contributed by atoms with E-state index in [1.54, 1.807) is 24.3 Å². The molecule has 2 N–H and O–H groups in total. The molecule has 0 fully saturated rings. The summed E-state index contributed by atoms with van der Waals surface area (Å²) >= 11 is 0. The minimum atomic E-state index is -1.44. The van der Waals surface area contributed by atoms with Crippen molar-refractivity contribution in [2.24, 2.45) is 0 Å². The molecule has 0 aromatic heterocycles. The number of hydrogen-bond acceptors (Lipinski definition) is 4. The molecule has 0 radical (unpaired) electrons. The van der Waals surface area contributed by atoms with Crippen LogP contribution in [0.4, 0.5) is 0 Å². The Hall–Kier alpha value is -2.48. The van der Waals surface area contributed by atoms with E-state index in [9.17, 15) is 19.8 Å². The van der Waals surface area contributed by atoms with Crippen LogP contribution in [0, 0.1) is 12.1 Å². The second-order valence-corrected chi connectivity index (χ2v) is 7.17. The Morgan fingerprint density at radius 1 is 0.840 bits per heavy atom. The van der Waals surface area contributed by atoms with Crippen LogP contribution >= 0.6 is 0 Å². The van der Waals surface area contributed by atoms with E-state index >= 15 is 0 Å². The molecule has 0 aliphatic heterocycles.